The largest absolute Gasteiger partial charge is 0.481 e. The summed E-state index contributed by atoms with van der Waals surface area (Å²) in [7, 11) is 0. The second-order valence-corrected chi connectivity index (χ2v) is 5.89. The molecule has 0 aliphatic heterocycles. The van der Waals surface area contributed by atoms with Gasteiger partial charge in [0.25, 0.3) is 5.91 Å². The minimum Gasteiger partial charge on any atom is -0.481 e. The number of amides is 1. The zero-order valence-electron chi connectivity index (χ0n) is 11.5. The van der Waals surface area contributed by atoms with E-state index in [0.717, 1.165) is 24.2 Å². The van der Waals surface area contributed by atoms with Gasteiger partial charge in [-0.3, -0.25) is 9.59 Å². The highest BCUT2D eigenvalue weighted by Gasteiger charge is 2.32. The normalized spacial score (nSPS) is 21.6. The zero-order valence-corrected chi connectivity index (χ0v) is 12.3. The van der Waals surface area contributed by atoms with Crippen molar-refractivity contribution in [3.8, 4) is 0 Å². The van der Waals surface area contributed by atoms with Gasteiger partial charge in [-0.15, -0.1) is 11.8 Å². The van der Waals surface area contributed by atoms with Crippen molar-refractivity contribution >= 4 is 23.6 Å². The Bertz CT molecular complexity index is 504. The molecule has 0 saturated heterocycles. The van der Waals surface area contributed by atoms with Gasteiger partial charge >= 0.3 is 5.97 Å². The van der Waals surface area contributed by atoms with Gasteiger partial charge in [-0.1, -0.05) is 18.6 Å². The molecule has 5 heteroatoms. The zero-order chi connectivity index (χ0) is 14.5. The van der Waals surface area contributed by atoms with E-state index in [9.17, 15) is 9.59 Å². The summed E-state index contributed by atoms with van der Waals surface area (Å²) >= 11 is 1.53. The monoisotopic (exact) mass is 293 g/mol. The van der Waals surface area contributed by atoms with Crippen molar-refractivity contribution in [2.24, 2.45) is 11.8 Å². The quantitative estimate of drug-likeness (QED) is 0.819. The standard InChI is InChI=1S/C15H19NO3S/c1-20-13-8-3-2-6-12(13)14(17)16-9-10-5-4-7-11(10)15(18)19/h2-3,6,8,10-11H,4-5,7,9H2,1H3,(H,16,17)(H,18,19). The molecule has 0 aromatic heterocycles. The Kier molecular flexibility index (Phi) is 5.06. The van der Waals surface area contributed by atoms with Gasteiger partial charge in [0.15, 0.2) is 0 Å². The fraction of sp³-hybridized carbons (Fsp3) is 0.467. The smallest absolute Gasteiger partial charge is 0.306 e. The van der Waals surface area contributed by atoms with Crippen LogP contribution in [0.5, 0.6) is 0 Å². The number of thioether (sulfide) groups is 1. The van der Waals surface area contributed by atoms with Gasteiger partial charge in [0, 0.05) is 11.4 Å². The fourth-order valence-corrected chi connectivity index (χ4v) is 3.35. The maximum atomic E-state index is 12.2. The summed E-state index contributed by atoms with van der Waals surface area (Å²) in [6.07, 6.45) is 4.46. The second kappa shape index (κ2) is 6.79. The molecule has 1 saturated carbocycles. The van der Waals surface area contributed by atoms with Crippen molar-refractivity contribution in [1.29, 1.82) is 0 Å². The third kappa shape index (κ3) is 3.33. The SMILES string of the molecule is CSc1ccccc1C(=O)NCC1CCCC1C(=O)O. The van der Waals surface area contributed by atoms with E-state index < -0.39 is 5.97 Å². The topological polar surface area (TPSA) is 66.4 Å². The van der Waals surface area contributed by atoms with Gasteiger partial charge in [0.05, 0.1) is 11.5 Å². The number of carbonyl (C=O) groups excluding carboxylic acids is 1. The minimum atomic E-state index is -0.744. The number of hydrogen-bond acceptors (Lipinski definition) is 3. The van der Waals surface area contributed by atoms with Crippen LogP contribution in [0.2, 0.25) is 0 Å². The van der Waals surface area contributed by atoms with E-state index in [-0.39, 0.29) is 17.7 Å². The number of rotatable bonds is 5. The van der Waals surface area contributed by atoms with Crippen LogP contribution in [0.4, 0.5) is 0 Å². The van der Waals surface area contributed by atoms with E-state index in [1.165, 1.54) is 11.8 Å². The van der Waals surface area contributed by atoms with Gasteiger partial charge < -0.3 is 10.4 Å². The van der Waals surface area contributed by atoms with Crippen LogP contribution in [0.25, 0.3) is 0 Å². The molecule has 20 heavy (non-hydrogen) atoms. The summed E-state index contributed by atoms with van der Waals surface area (Å²) < 4.78 is 0. The third-order valence-electron chi connectivity index (χ3n) is 3.85. The predicted molar refractivity (Wildman–Crippen MR) is 79.0 cm³/mol. The van der Waals surface area contributed by atoms with Gasteiger partial charge in [-0.2, -0.15) is 0 Å². The molecule has 0 spiro atoms. The molecule has 4 nitrogen and oxygen atoms in total. The van der Waals surface area contributed by atoms with E-state index in [0.29, 0.717) is 12.1 Å². The molecule has 1 aliphatic carbocycles. The first kappa shape index (κ1) is 14.9. The number of hydrogen-bond donors (Lipinski definition) is 2. The Labute approximate surface area is 123 Å². The number of benzene rings is 1. The number of aliphatic carboxylic acids is 1. The van der Waals surface area contributed by atoms with E-state index in [1.54, 1.807) is 6.07 Å². The van der Waals surface area contributed by atoms with E-state index in [2.05, 4.69) is 5.32 Å². The first-order chi connectivity index (χ1) is 9.63. The predicted octanol–water partition coefficient (Wildman–Crippen LogP) is 2.64. The van der Waals surface area contributed by atoms with Crippen LogP contribution in [-0.2, 0) is 4.79 Å². The molecule has 1 aromatic carbocycles. The van der Waals surface area contributed by atoms with Gasteiger partial charge in [-0.05, 0) is 37.1 Å². The van der Waals surface area contributed by atoms with Crippen LogP contribution in [0.1, 0.15) is 29.6 Å². The summed E-state index contributed by atoms with van der Waals surface area (Å²) in [5.74, 6) is -1.12. The van der Waals surface area contributed by atoms with Crippen LogP contribution in [0.3, 0.4) is 0 Å². The summed E-state index contributed by atoms with van der Waals surface area (Å²) in [5.41, 5.74) is 0.657. The molecule has 0 bridgehead atoms. The second-order valence-electron chi connectivity index (χ2n) is 5.05. The van der Waals surface area contributed by atoms with Gasteiger partial charge in [0.1, 0.15) is 0 Å². The minimum absolute atomic E-state index is 0.0536. The molecule has 2 rings (SSSR count). The average Bonchev–Trinajstić information content (AvgIpc) is 2.93. The van der Waals surface area contributed by atoms with Crippen molar-refractivity contribution in [2.45, 2.75) is 24.2 Å². The highest BCUT2D eigenvalue weighted by atomic mass is 32.2. The molecule has 1 amide bonds. The Morgan fingerprint density at radius 2 is 2.10 bits per heavy atom. The van der Waals surface area contributed by atoms with Crippen LogP contribution < -0.4 is 5.32 Å². The molecular formula is C15H19NO3S. The fourth-order valence-electron chi connectivity index (χ4n) is 2.76. The Hall–Kier alpha value is -1.49. The lowest BCUT2D eigenvalue weighted by molar-refractivity contribution is -0.142. The molecule has 2 N–H and O–H groups in total. The number of nitrogens with one attached hydrogen (secondary N) is 1. The highest BCUT2D eigenvalue weighted by Crippen LogP contribution is 2.31. The Morgan fingerprint density at radius 1 is 1.35 bits per heavy atom. The lowest BCUT2D eigenvalue weighted by Gasteiger charge is -2.16. The molecule has 0 radical (unpaired) electrons. The van der Waals surface area contributed by atoms with Crippen molar-refractivity contribution in [3.05, 3.63) is 29.8 Å². The summed E-state index contributed by atoms with van der Waals surface area (Å²) in [5, 5.41) is 12.0. The third-order valence-corrected chi connectivity index (χ3v) is 4.65. The lowest BCUT2D eigenvalue weighted by atomic mass is 9.96. The average molecular weight is 293 g/mol. The molecule has 1 aliphatic rings. The molecule has 0 heterocycles. The van der Waals surface area contributed by atoms with Crippen LogP contribution >= 0.6 is 11.8 Å². The maximum absolute atomic E-state index is 12.2. The maximum Gasteiger partial charge on any atom is 0.306 e. The van der Waals surface area contributed by atoms with Crippen LogP contribution in [-0.4, -0.2) is 29.8 Å². The molecule has 2 atom stereocenters. The molecule has 108 valence electrons. The van der Waals surface area contributed by atoms with Gasteiger partial charge in [0.2, 0.25) is 0 Å². The summed E-state index contributed by atoms with van der Waals surface area (Å²) in [6, 6.07) is 7.45. The first-order valence-electron chi connectivity index (χ1n) is 6.77. The summed E-state index contributed by atoms with van der Waals surface area (Å²) in [4.78, 5) is 24.2. The summed E-state index contributed by atoms with van der Waals surface area (Å²) in [6.45, 7) is 0.443. The molecule has 2 unspecified atom stereocenters. The van der Waals surface area contributed by atoms with Crippen LogP contribution in [0, 0.1) is 11.8 Å². The first-order valence-corrected chi connectivity index (χ1v) is 8.00. The Balaban J connectivity index is 1.97. The molecular weight excluding hydrogens is 274 g/mol. The van der Waals surface area contributed by atoms with E-state index in [4.69, 9.17) is 5.11 Å². The lowest BCUT2D eigenvalue weighted by Crippen LogP contribution is -2.33. The number of carboxylic acids is 1. The van der Waals surface area contributed by atoms with E-state index >= 15 is 0 Å². The van der Waals surface area contributed by atoms with Gasteiger partial charge in [-0.25, -0.2) is 0 Å². The van der Waals surface area contributed by atoms with Crippen molar-refractivity contribution in [3.63, 3.8) is 0 Å². The van der Waals surface area contributed by atoms with Crippen molar-refractivity contribution < 1.29 is 14.7 Å². The molecule has 1 fully saturated rings. The highest BCUT2D eigenvalue weighted by molar-refractivity contribution is 7.98. The molecule has 1 aromatic rings. The van der Waals surface area contributed by atoms with Crippen molar-refractivity contribution in [2.75, 3.05) is 12.8 Å². The van der Waals surface area contributed by atoms with E-state index in [1.807, 2.05) is 24.5 Å². The number of carboxylic acid groups (broad SMARTS) is 1. The number of carbonyl (C=O) groups is 2. The van der Waals surface area contributed by atoms with Crippen molar-refractivity contribution in [1.82, 2.24) is 5.32 Å². The Morgan fingerprint density at radius 3 is 2.80 bits per heavy atom. The van der Waals surface area contributed by atoms with Crippen LogP contribution in [0.15, 0.2) is 29.2 Å².